The molecule has 138 valence electrons. The number of benzene rings is 2. The van der Waals surface area contributed by atoms with Gasteiger partial charge in [-0.2, -0.15) is 0 Å². The average molecular weight is 358 g/mol. The van der Waals surface area contributed by atoms with Crippen LogP contribution in [0.4, 0.5) is 0 Å². The zero-order valence-corrected chi connectivity index (χ0v) is 14.4. The Kier molecular flexibility index (Phi) is 5.68. The number of esters is 1. The molecule has 0 saturated carbocycles. The van der Waals surface area contributed by atoms with E-state index in [2.05, 4.69) is 0 Å². The Labute approximate surface area is 151 Å². The van der Waals surface area contributed by atoms with Crippen LogP contribution in [0.2, 0.25) is 0 Å². The molecular formula is C20H22O6. The minimum absolute atomic E-state index is 0.201. The lowest BCUT2D eigenvalue weighted by atomic mass is 9.92. The quantitative estimate of drug-likeness (QED) is 0.720. The first-order valence-electron chi connectivity index (χ1n) is 8.44. The van der Waals surface area contributed by atoms with Gasteiger partial charge in [0, 0.05) is 6.42 Å². The predicted octanol–water partition coefficient (Wildman–Crippen LogP) is 1.68. The number of carbonyl (C=O) groups is 1. The maximum absolute atomic E-state index is 11.7. The van der Waals surface area contributed by atoms with Crippen LogP contribution in [0.15, 0.2) is 48.5 Å². The Hall–Kier alpha value is -2.25. The third-order valence-corrected chi connectivity index (χ3v) is 4.61. The fraction of sp³-hybridized carbons (Fsp3) is 0.350. The molecular weight excluding hydrogens is 336 g/mol. The van der Waals surface area contributed by atoms with Gasteiger partial charge in [-0.05, 0) is 28.8 Å². The van der Waals surface area contributed by atoms with Gasteiger partial charge in [0.2, 0.25) is 0 Å². The molecule has 3 N–H and O–H groups in total. The zero-order chi connectivity index (χ0) is 18.7. The van der Waals surface area contributed by atoms with Gasteiger partial charge in [0.05, 0.1) is 31.5 Å². The van der Waals surface area contributed by atoms with Crippen molar-refractivity contribution < 1.29 is 29.6 Å². The summed E-state index contributed by atoms with van der Waals surface area (Å²) in [6.07, 6.45) is -3.00. The van der Waals surface area contributed by atoms with Gasteiger partial charge in [0.25, 0.3) is 0 Å². The minimum Gasteiger partial charge on any atom is -0.465 e. The Balaban J connectivity index is 1.83. The smallest absolute Gasteiger partial charge is 0.337 e. The van der Waals surface area contributed by atoms with Gasteiger partial charge in [0.1, 0.15) is 12.2 Å². The number of aliphatic hydroxyl groups excluding tert-OH is 3. The summed E-state index contributed by atoms with van der Waals surface area (Å²) in [4.78, 5) is 11.7. The fourth-order valence-electron chi connectivity index (χ4n) is 3.16. The second-order valence-corrected chi connectivity index (χ2v) is 6.35. The molecule has 2 aromatic rings. The van der Waals surface area contributed by atoms with E-state index in [1.165, 1.54) is 7.11 Å². The van der Waals surface area contributed by atoms with Crippen LogP contribution in [-0.4, -0.2) is 53.3 Å². The molecule has 1 saturated heterocycles. The van der Waals surface area contributed by atoms with Crippen LogP contribution in [-0.2, 0) is 9.47 Å². The summed E-state index contributed by atoms with van der Waals surface area (Å²) in [6.45, 7) is -0.210. The largest absolute Gasteiger partial charge is 0.465 e. The molecule has 1 aliphatic heterocycles. The molecule has 0 radical (unpaired) electrons. The van der Waals surface area contributed by atoms with Crippen molar-refractivity contribution >= 4 is 5.97 Å². The molecule has 6 nitrogen and oxygen atoms in total. The Bertz CT molecular complexity index is 757. The molecule has 0 bridgehead atoms. The van der Waals surface area contributed by atoms with Gasteiger partial charge in [-0.25, -0.2) is 4.79 Å². The average Bonchev–Trinajstić information content (AvgIpc) is 2.69. The number of carbonyl (C=O) groups excluding carboxylic acids is 1. The molecule has 6 heteroatoms. The summed E-state index contributed by atoms with van der Waals surface area (Å²) < 4.78 is 10.4. The van der Waals surface area contributed by atoms with E-state index in [0.29, 0.717) is 11.1 Å². The standard InChI is InChI=1S/C20H22O6/c1-25-20(24)15-4-2-3-14(9-15)12-5-7-13(8-6-12)19-18(23)17(22)10-16(11-21)26-19/h2-9,16-19,21-23H,10-11H2,1H3/t16-,17-,18-,19+/m0/s1. The van der Waals surface area contributed by atoms with Gasteiger partial charge in [0.15, 0.2) is 0 Å². The van der Waals surface area contributed by atoms with Crippen LogP contribution in [0.25, 0.3) is 11.1 Å². The normalized spacial score (nSPS) is 25.7. The molecule has 0 aromatic heterocycles. The van der Waals surface area contributed by atoms with E-state index in [9.17, 15) is 20.1 Å². The van der Waals surface area contributed by atoms with Crippen molar-refractivity contribution in [2.24, 2.45) is 0 Å². The Morgan fingerprint density at radius 2 is 1.88 bits per heavy atom. The van der Waals surface area contributed by atoms with Gasteiger partial charge in [-0.3, -0.25) is 0 Å². The third kappa shape index (κ3) is 3.78. The van der Waals surface area contributed by atoms with E-state index in [0.717, 1.165) is 11.1 Å². The van der Waals surface area contributed by atoms with Crippen molar-refractivity contribution in [3.05, 3.63) is 59.7 Å². The van der Waals surface area contributed by atoms with Crippen molar-refractivity contribution in [1.82, 2.24) is 0 Å². The molecule has 0 aliphatic carbocycles. The summed E-state index contributed by atoms with van der Waals surface area (Å²) in [5, 5.41) is 29.5. The second kappa shape index (κ2) is 7.97. The number of ether oxygens (including phenoxy) is 2. The highest BCUT2D eigenvalue weighted by Crippen LogP contribution is 2.33. The zero-order valence-electron chi connectivity index (χ0n) is 14.4. The lowest BCUT2D eigenvalue weighted by Gasteiger charge is -2.36. The van der Waals surface area contributed by atoms with E-state index in [1.807, 2.05) is 18.2 Å². The molecule has 1 fully saturated rings. The van der Waals surface area contributed by atoms with Crippen LogP contribution in [0, 0.1) is 0 Å². The van der Waals surface area contributed by atoms with Crippen molar-refractivity contribution in [3.63, 3.8) is 0 Å². The Morgan fingerprint density at radius 1 is 1.15 bits per heavy atom. The molecule has 0 unspecified atom stereocenters. The van der Waals surface area contributed by atoms with Crippen molar-refractivity contribution in [1.29, 1.82) is 0 Å². The summed E-state index contributed by atoms with van der Waals surface area (Å²) in [7, 11) is 1.34. The minimum atomic E-state index is -1.05. The fourth-order valence-corrected chi connectivity index (χ4v) is 3.16. The van der Waals surface area contributed by atoms with E-state index in [-0.39, 0.29) is 13.0 Å². The van der Waals surface area contributed by atoms with Crippen LogP contribution in [0.1, 0.15) is 28.4 Å². The Morgan fingerprint density at radius 3 is 2.54 bits per heavy atom. The van der Waals surface area contributed by atoms with Crippen LogP contribution < -0.4 is 0 Å². The van der Waals surface area contributed by atoms with Gasteiger partial charge < -0.3 is 24.8 Å². The first-order valence-corrected chi connectivity index (χ1v) is 8.44. The number of hydrogen-bond donors (Lipinski definition) is 3. The summed E-state index contributed by atoms with van der Waals surface area (Å²) >= 11 is 0. The van der Waals surface area contributed by atoms with Crippen molar-refractivity contribution in [3.8, 4) is 11.1 Å². The molecule has 0 amide bonds. The second-order valence-electron chi connectivity index (χ2n) is 6.35. The highest BCUT2D eigenvalue weighted by atomic mass is 16.5. The highest BCUT2D eigenvalue weighted by molar-refractivity contribution is 5.90. The number of rotatable bonds is 4. The van der Waals surface area contributed by atoms with Crippen LogP contribution in [0.3, 0.4) is 0 Å². The maximum atomic E-state index is 11.7. The SMILES string of the molecule is COC(=O)c1cccc(-c2ccc([C@H]3O[C@H](CO)C[C@H](O)[C@@H]3O)cc2)c1. The molecule has 3 rings (SSSR count). The maximum Gasteiger partial charge on any atom is 0.337 e. The van der Waals surface area contributed by atoms with E-state index in [4.69, 9.17) is 9.47 Å². The molecule has 0 spiro atoms. The third-order valence-electron chi connectivity index (χ3n) is 4.61. The lowest BCUT2D eigenvalue weighted by Crippen LogP contribution is -2.44. The summed E-state index contributed by atoms with van der Waals surface area (Å²) in [5.41, 5.74) is 2.93. The monoisotopic (exact) mass is 358 g/mol. The number of hydrogen-bond acceptors (Lipinski definition) is 6. The van der Waals surface area contributed by atoms with Gasteiger partial charge in [-0.1, -0.05) is 36.4 Å². The van der Waals surface area contributed by atoms with Crippen LogP contribution >= 0.6 is 0 Å². The van der Waals surface area contributed by atoms with E-state index < -0.39 is 30.4 Å². The highest BCUT2D eigenvalue weighted by Gasteiger charge is 2.37. The van der Waals surface area contributed by atoms with E-state index >= 15 is 0 Å². The topological polar surface area (TPSA) is 96.2 Å². The first kappa shape index (κ1) is 18.5. The predicted molar refractivity (Wildman–Crippen MR) is 94.5 cm³/mol. The molecule has 1 aliphatic rings. The van der Waals surface area contributed by atoms with Crippen molar-refractivity contribution in [2.45, 2.75) is 30.8 Å². The van der Waals surface area contributed by atoms with Crippen molar-refractivity contribution in [2.75, 3.05) is 13.7 Å². The van der Waals surface area contributed by atoms with Gasteiger partial charge in [-0.15, -0.1) is 0 Å². The van der Waals surface area contributed by atoms with Gasteiger partial charge >= 0.3 is 5.97 Å². The lowest BCUT2D eigenvalue weighted by molar-refractivity contribution is -0.179. The first-order chi connectivity index (χ1) is 12.5. The molecule has 4 atom stereocenters. The summed E-state index contributed by atoms with van der Waals surface area (Å²) in [5.74, 6) is -0.397. The number of methoxy groups -OCH3 is 1. The van der Waals surface area contributed by atoms with Crippen LogP contribution in [0.5, 0.6) is 0 Å². The molecule has 26 heavy (non-hydrogen) atoms. The molecule has 2 aromatic carbocycles. The number of aliphatic hydroxyl groups is 3. The molecule has 1 heterocycles. The van der Waals surface area contributed by atoms with E-state index in [1.54, 1.807) is 30.3 Å². The summed E-state index contributed by atoms with van der Waals surface area (Å²) in [6, 6.07) is 14.4.